The zero-order chi connectivity index (χ0) is 13.7. The number of rotatable bonds is 5. The Kier molecular flexibility index (Phi) is 4.22. The SMILES string of the molecule is COc1ccc(C#N)cc1CNC(C)c1ccco1. The van der Waals surface area contributed by atoms with E-state index in [0.29, 0.717) is 12.1 Å². The first-order valence-electron chi connectivity index (χ1n) is 6.08. The molecule has 1 unspecified atom stereocenters. The van der Waals surface area contributed by atoms with E-state index >= 15 is 0 Å². The van der Waals surface area contributed by atoms with Crippen molar-refractivity contribution in [3.63, 3.8) is 0 Å². The molecular formula is C15H16N2O2. The lowest BCUT2D eigenvalue weighted by molar-refractivity contribution is 0.399. The van der Waals surface area contributed by atoms with Crippen molar-refractivity contribution < 1.29 is 9.15 Å². The molecule has 0 radical (unpaired) electrons. The van der Waals surface area contributed by atoms with Gasteiger partial charge in [0.15, 0.2) is 0 Å². The fraction of sp³-hybridized carbons (Fsp3) is 0.267. The molecule has 1 aromatic heterocycles. The first-order chi connectivity index (χ1) is 9.24. The van der Waals surface area contributed by atoms with Crippen molar-refractivity contribution in [3.8, 4) is 11.8 Å². The van der Waals surface area contributed by atoms with Crippen molar-refractivity contribution in [2.45, 2.75) is 19.5 Å². The van der Waals surface area contributed by atoms with E-state index in [4.69, 9.17) is 14.4 Å². The molecule has 0 saturated carbocycles. The lowest BCUT2D eigenvalue weighted by Gasteiger charge is -2.13. The number of furan rings is 1. The first-order valence-corrected chi connectivity index (χ1v) is 6.08. The second-order valence-corrected chi connectivity index (χ2v) is 4.26. The van der Waals surface area contributed by atoms with E-state index in [1.165, 1.54) is 0 Å². The van der Waals surface area contributed by atoms with Gasteiger partial charge in [0.05, 0.1) is 31.0 Å². The minimum Gasteiger partial charge on any atom is -0.496 e. The number of methoxy groups -OCH3 is 1. The first kappa shape index (κ1) is 13.2. The molecule has 0 fully saturated rings. The maximum Gasteiger partial charge on any atom is 0.123 e. The topological polar surface area (TPSA) is 58.2 Å². The monoisotopic (exact) mass is 256 g/mol. The Bertz CT molecular complexity index is 570. The highest BCUT2D eigenvalue weighted by atomic mass is 16.5. The highest BCUT2D eigenvalue weighted by Gasteiger charge is 2.10. The van der Waals surface area contributed by atoms with Gasteiger partial charge in [-0.15, -0.1) is 0 Å². The molecule has 1 aromatic carbocycles. The van der Waals surface area contributed by atoms with Crippen LogP contribution in [0.5, 0.6) is 5.75 Å². The summed E-state index contributed by atoms with van der Waals surface area (Å²) in [4.78, 5) is 0. The molecule has 0 saturated heterocycles. The fourth-order valence-electron chi connectivity index (χ4n) is 1.89. The largest absolute Gasteiger partial charge is 0.496 e. The van der Waals surface area contributed by atoms with Crippen molar-refractivity contribution in [1.29, 1.82) is 5.26 Å². The minimum atomic E-state index is 0.102. The van der Waals surface area contributed by atoms with Crippen LogP contribution in [0.2, 0.25) is 0 Å². The van der Waals surface area contributed by atoms with Crippen LogP contribution in [-0.4, -0.2) is 7.11 Å². The van der Waals surface area contributed by atoms with Gasteiger partial charge in [-0.05, 0) is 37.3 Å². The second-order valence-electron chi connectivity index (χ2n) is 4.26. The average Bonchev–Trinajstić information content (AvgIpc) is 2.98. The number of nitriles is 1. The molecule has 0 aliphatic rings. The number of benzene rings is 1. The lowest BCUT2D eigenvalue weighted by Crippen LogP contribution is -2.18. The van der Waals surface area contributed by atoms with Gasteiger partial charge in [0, 0.05) is 12.1 Å². The van der Waals surface area contributed by atoms with Gasteiger partial charge in [0.2, 0.25) is 0 Å². The Labute approximate surface area is 112 Å². The highest BCUT2D eigenvalue weighted by molar-refractivity contribution is 5.42. The Morgan fingerprint density at radius 3 is 2.89 bits per heavy atom. The van der Waals surface area contributed by atoms with Crippen molar-refractivity contribution >= 4 is 0 Å². The zero-order valence-corrected chi connectivity index (χ0v) is 11.0. The molecule has 4 heteroatoms. The third kappa shape index (κ3) is 3.15. The lowest BCUT2D eigenvalue weighted by atomic mass is 10.1. The molecule has 0 spiro atoms. The predicted octanol–water partition coefficient (Wildman–Crippen LogP) is 3.01. The van der Waals surface area contributed by atoms with Crippen LogP contribution >= 0.6 is 0 Å². The minimum absolute atomic E-state index is 0.102. The van der Waals surface area contributed by atoms with Gasteiger partial charge < -0.3 is 14.5 Å². The maximum atomic E-state index is 8.93. The summed E-state index contributed by atoms with van der Waals surface area (Å²) in [6, 6.07) is 11.4. The summed E-state index contributed by atoms with van der Waals surface area (Å²) in [5.41, 5.74) is 1.59. The van der Waals surface area contributed by atoms with Crippen molar-refractivity contribution in [2.75, 3.05) is 7.11 Å². The third-order valence-electron chi connectivity index (χ3n) is 2.98. The molecule has 0 aliphatic carbocycles. The van der Waals surface area contributed by atoms with Crippen LogP contribution in [-0.2, 0) is 6.54 Å². The Hall–Kier alpha value is -2.25. The molecule has 4 nitrogen and oxygen atoms in total. The van der Waals surface area contributed by atoms with Gasteiger partial charge in [-0.1, -0.05) is 0 Å². The molecule has 2 aromatic rings. The number of nitrogens with one attached hydrogen (secondary N) is 1. The molecule has 1 N–H and O–H groups in total. The Balaban J connectivity index is 2.08. The summed E-state index contributed by atoms with van der Waals surface area (Å²) in [5, 5.41) is 12.3. The number of nitrogens with zero attached hydrogens (tertiary/aromatic N) is 1. The van der Waals surface area contributed by atoms with Crippen molar-refractivity contribution in [2.24, 2.45) is 0 Å². The van der Waals surface area contributed by atoms with Gasteiger partial charge in [-0.3, -0.25) is 0 Å². The molecule has 1 heterocycles. The van der Waals surface area contributed by atoms with Crippen LogP contribution < -0.4 is 10.1 Å². The summed E-state index contributed by atoms with van der Waals surface area (Å²) in [5.74, 6) is 1.66. The molecule has 2 rings (SSSR count). The number of ether oxygens (including phenoxy) is 1. The van der Waals surface area contributed by atoms with Crippen LogP contribution in [0, 0.1) is 11.3 Å². The quantitative estimate of drug-likeness (QED) is 0.893. The van der Waals surface area contributed by atoms with Gasteiger partial charge in [0.25, 0.3) is 0 Å². The van der Waals surface area contributed by atoms with Gasteiger partial charge >= 0.3 is 0 Å². The normalized spacial score (nSPS) is 11.8. The van der Waals surface area contributed by atoms with E-state index in [1.54, 1.807) is 19.4 Å². The van der Waals surface area contributed by atoms with Gasteiger partial charge in [-0.25, -0.2) is 0 Å². The van der Waals surface area contributed by atoms with Crippen molar-refractivity contribution in [3.05, 3.63) is 53.5 Å². The molecule has 0 amide bonds. The molecule has 0 bridgehead atoms. The summed E-state index contributed by atoms with van der Waals surface area (Å²) in [6.07, 6.45) is 1.66. The second kappa shape index (κ2) is 6.07. The maximum absolute atomic E-state index is 8.93. The summed E-state index contributed by atoms with van der Waals surface area (Å²) < 4.78 is 10.6. The predicted molar refractivity (Wildman–Crippen MR) is 71.7 cm³/mol. The van der Waals surface area contributed by atoms with Gasteiger partial charge in [0.1, 0.15) is 11.5 Å². The van der Waals surface area contributed by atoms with E-state index in [1.807, 2.05) is 31.2 Å². The fourth-order valence-corrected chi connectivity index (χ4v) is 1.89. The molecular weight excluding hydrogens is 240 g/mol. The Morgan fingerprint density at radius 1 is 1.42 bits per heavy atom. The molecule has 0 aliphatic heterocycles. The van der Waals surface area contributed by atoms with Crippen LogP contribution in [0.3, 0.4) is 0 Å². The highest BCUT2D eigenvalue weighted by Crippen LogP contribution is 2.21. The molecule has 98 valence electrons. The van der Waals surface area contributed by atoms with E-state index in [2.05, 4.69) is 11.4 Å². The van der Waals surface area contributed by atoms with Gasteiger partial charge in [-0.2, -0.15) is 5.26 Å². The van der Waals surface area contributed by atoms with Crippen LogP contribution in [0.1, 0.15) is 29.9 Å². The van der Waals surface area contributed by atoms with Crippen molar-refractivity contribution in [1.82, 2.24) is 5.32 Å². The van der Waals surface area contributed by atoms with Crippen LogP contribution in [0.25, 0.3) is 0 Å². The number of hydrogen-bond acceptors (Lipinski definition) is 4. The summed E-state index contributed by atoms with van der Waals surface area (Å²) >= 11 is 0. The Morgan fingerprint density at radius 2 is 2.26 bits per heavy atom. The molecule has 19 heavy (non-hydrogen) atoms. The van der Waals surface area contributed by atoms with Crippen LogP contribution in [0.15, 0.2) is 41.0 Å². The average molecular weight is 256 g/mol. The smallest absolute Gasteiger partial charge is 0.123 e. The zero-order valence-electron chi connectivity index (χ0n) is 11.0. The molecule has 1 atom stereocenters. The number of hydrogen-bond donors (Lipinski definition) is 1. The van der Waals surface area contributed by atoms with Crippen LogP contribution in [0.4, 0.5) is 0 Å². The standard InChI is InChI=1S/C15H16N2O2/c1-11(14-4-3-7-19-14)17-10-13-8-12(9-16)5-6-15(13)18-2/h3-8,11,17H,10H2,1-2H3. The van der Waals surface area contributed by atoms with E-state index in [0.717, 1.165) is 17.1 Å². The third-order valence-corrected chi connectivity index (χ3v) is 2.98. The van der Waals surface area contributed by atoms with E-state index in [9.17, 15) is 0 Å². The van der Waals surface area contributed by atoms with E-state index < -0.39 is 0 Å². The van der Waals surface area contributed by atoms with E-state index in [-0.39, 0.29) is 6.04 Å². The summed E-state index contributed by atoms with van der Waals surface area (Å²) in [7, 11) is 1.63. The summed E-state index contributed by atoms with van der Waals surface area (Å²) in [6.45, 7) is 2.64.